The van der Waals surface area contributed by atoms with Gasteiger partial charge in [0, 0.05) is 10.4 Å². The predicted octanol–water partition coefficient (Wildman–Crippen LogP) is 3.68. The maximum atomic E-state index is 12.7. The number of amides is 1. The van der Waals surface area contributed by atoms with Gasteiger partial charge in [-0.05, 0) is 49.4 Å². The second-order valence-electron chi connectivity index (χ2n) is 6.65. The van der Waals surface area contributed by atoms with Crippen molar-refractivity contribution in [1.82, 2.24) is 10.2 Å². The number of nitrogens with one attached hydrogen (secondary N) is 2. The summed E-state index contributed by atoms with van der Waals surface area (Å²) in [6.45, 7) is 1.80. The number of carbonyl (C=O) groups excluding carboxylic acids is 2. The highest BCUT2D eigenvalue weighted by atomic mass is 32.1. The normalized spacial score (nSPS) is 12.6. The van der Waals surface area contributed by atoms with Crippen molar-refractivity contribution in [1.29, 1.82) is 0 Å². The zero-order valence-corrected chi connectivity index (χ0v) is 16.3. The zero-order valence-electron chi connectivity index (χ0n) is 15.5. The van der Waals surface area contributed by atoms with Gasteiger partial charge in [-0.25, -0.2) is 4.79 Å². The lowest BCUT2D eigenvalue weighted by molar-refractivity contribution is 0.0601. The van der Waals surface area contributed by atoms with Crippen LogP contribution in [0.3, 0.4) is 0 Å². The Morgan fingerprint density at radius 2 is 2.14 bits per heavy atom. The van der Waals surface area contributed by atoms with Crippen LogP contribution in [0.4, 0.5) is 5.00 Å². The van der Waals surface area contributed by atoms with Gasteiger partial charge in [-0.1, -0.05) is 12.1 Å². The van der Waals surface area contributed by atoms with Gasteiger partial charge in [-0.3, -0.25) is 9.89 Å². The molecule has 0 aliphatic heterocycles. The molecule has 1 aliphatic rings. The van der Waals surface area contributed by atoms with Gasteiger partial charge in [-0.2, -0.15) is 5.10 Å². The third-order valence-electron chi connectivity index (χ3n) is 4.87. The van der Waals surface area contributed by atoms with Gasteiger partial charge in [0.2, 0.25) is 0 Å². The van der Waals surface area contributed by atoms with Crippen LogP contribution in [0.25, 0.3) is 11.3 Å². The Morgan fingerprint density at radius 1 is 1.32 bits per heavy atom. The number of hydrogen-bond acceptors (Lipinski definition) is 6. The summed E-state index contributed by atoms with van der Waals surface area (Å²) < 4.78 is 4.90. The molecule has 1 aromatic carbocycles. The minimum absolute atomic E-state index is 0.128. The van der Waals surface area contributed by atoms with E-state index in [2.05, 4.69) is 15.5 Å². The molecular formula is C20H19N3O4S. The Labute approximate surface area is 165 Å². The van der Waals surface area contributed by atoms with E-state index < -0.39 is 11.9 Å². The monoisotopic (exact) mass is 397 g/mol. The molecule has 0 radical (unpaired) electrons. The number of para-hydroxylation sites is 1. The number of hydrogen-bond donors (Lipinski definition) is 3. The number of fused-ring (bicyclic) bond motifs is 1. The van der Waals surface area contributed by atoms with Crippen LogP contribution in [0.2, 0.25) is 0 Å². The number of aryl methyl sites for hydroxylation is 2. The van der Waals surface area contributed by atoms with Crippen LogP contribution < -0.4 is 5.32 Å². The van der Waals surface area contributed by atoms with Crippen molar-refractivity contribution < 1.29 is 19.4 Å². The molecule has 0 atom stereocenters. The Bertz CT molecular complexity index is 1080. The van der Waals surface area contributed by atoms with Crippen LogP contribution in [-0.4, -0.2) is 34.3 Å². The summed E-state index contributed by atoms with van der Waals surface area (Å²) >= 11 is 1.42. The lowest BCUT2D eigenvalue weighted by Crippen LogP contribution is -2.15. The van der Waals surface area contributed by atoms with Crippen molar-refractivity contribution in [2.24, 2.45) is 0 Å². The number of phenolic OH excluding ortho intramolecular Hbond substituents is 1. The molecule has 3 aromatic rings. The second kappa shape index (κ2) is 7.12. The fourth-order valence-corrected chi connectivity index (χ4v) is 4.69. The summed E-state index contributed by atoms with van der Waals surface area (Å²) in [4.78, 5) is 26.0. The van der Waals surface area contributed by atoms with Gasteiger partial charge >= 0.3 is 5.97 Å². The third-order valence-corrected chi connectivity index (χ3v) is 6.08. The standard InChI is InChI=1S/C20H19N3O4S/c1-10-5-3-6-11(17(10)24)13-9-14(23-22-13)18(25)21-19-16(20(26)27-2)12-7-4-8-15(12)28-19/h3,5-6,9,24H,4,7-8H2,1-2H3,(H,21,25)(H,22,23). The van der Waals surface area contributed by atoms with Crippen LogP contribution in [0, 0.1) is 6.92 Å². The van der Waals surface area contributed by atoms with Crippen molar-refractivity contribution in [3.8, 4) is 17.0 Å². The first-order valence-corrected chi connectivity index (χ1v) is 9.69. The molecule has 2 heterocycles. The molecule has 2 aromatic heterocycles. The van der Waals surface area contributed by atoms with Crippen molar-refractivity contribution in [3.63, 3.8) is 0 Å². The number of anilines is 1. The molecule has 144 valence electrons. The lowest BCUT2D eigenvalue weighted by atomic mass is 10.1. The van der Waals surface area contributed by atoms with Crippen LogP contribution in [0.5, 0.6) is 5.75 Å². The van der Waals surface area contributed by atoms with Crippen LogP contribution in [0.15, 0.2) is 24.3 Å². The van der Waals surface area contributed by atoms with E-state index in [1.807, 2.05) is 6.07 Å². The van der Waals surface area contributed by atoms with Crippen LogP contribution >= 0.6 is 11.3 Å². The highest BCUT2D eigenvalue weighted by Gasteiger charge is 2.28. The van der Waals surface area contributed by atoms with E-state index in [0.29, 0.717) is 21.8 Å². The highest BCUT2D eigenvalue weighted by molar-refractivity contribution is 7.17. The zero-order chi connectivity index (χ0) is 19.8. The van der Waals surface area contributed by atoms with Gasteiger partial charge in [0.1, 0.15) is 16.4 Å². The second-order valence-corrected chi connectivity index (χ2v) is 7.75. The average molecular weight is 397 g/mol. The number of phenols is 1. The topological polar surface area (TPSA) is 104 Å². The van der Waals surface area contributed by atoms with E-state index in [1.165, 1.54) is 18.4 Å². The van der Waals surface area contributed by atoms with Crippen molar-refractivity contribution in [3.05, 3.63) is 51.5 Å². The summed E-state index contributed by atoms with van der Waals surface area (Å²) in [5.74, 6) is -0.718. The Kier molecular flexibility index (Phi) is 4.64. The molecule has 0 saturated carbocycles. The van der Waals surface area contributed by atoms with Crippen molar-refractivity contribution in [2.45, 2.75) is 26.2 Å². The molecular weight excluding hydrogens is 378 g/mol. The number of aromatic amines is 1. The predicted molar refractivity (Wildman–Crippen MR) is 106 cm³/mol. The summed E-state index contributed by atoms with van der Waals surface area (Å²) in [5, 5.41) is 20.4. The quantitative estimate of drug-likeness (QED) is 0.583. The van der Waals surface area contributed by atoms with Crippen molar-refractivity contribution in [2.75, 3.05) is 12.4 Å². The first kappa shape index (κ1) is 18.2. The van der Waals surface area contributed by atoms with Gasteiger partial charge in [-0.15, -0.1) is 11.3 Å². The third kappa shape index (κ3) is 3.05. The number of rotatable bonds is 4. The SMILES string of the molecule is COC(=O)c1c(NC(=O)c2cc(-c3cccc(C)c3O)n[nH]2)sc2c1CCC2. The summed E-state index contributed by atoms with van der Waals surface area (Å²) in [6.07, 6.45) is 2.72. The smallest absolute Gasteiger partial charge is 0.341 e. The number of methoxy groups -OCH3 is 1. The fourth-order valence-electron chi connectivity index (χ4n) is 3.42. The number of H-pyrrole nitrogens is 1. The minimum Gasteiger partial charge on any atom is -0.507 e. The number of aromatic nitrogens is 2. The Hall–Kier alpha value is -3.13. The number of ether oxygens (including phenoxy) is 1. The molecule has 7 nitrogen and oxygen atoms in total. The molecule has 8 heteroatoms. The van der Waals surface area contributed by atoms with Crippen LogP contribution in [0.1, 0.15) is 43.3 Å². The van der Waals surface area contributed by atoms with E-state index in [-0.39, 0.29) is 11.4 Å². The fraction of sp³-hybridized carbons (Fsp3) is 0.250. The van der Waals surface area contributed by atoms with E-state index in [1.54, 1.807) is 25.1 Å². The largest absolute Gasteiger partial charge is 0.507 e. The molecule has 1 aliphatic carbocycles. The molecule has 0 unspecified atom stereocenters. The highest BCUT2D eigenvalue weighted by Crippen LogP contribution is 2.39. The van der Waals surface area contributed by atoms with E-state index in [9.17, 15) is 14.7 Å². The molecule has 0 spiro atoms. The summed E-state index contributed by atoms with van der Waals surface area (Å²) in [6, 6.07) is 6.92. The average Bonchev–Trinajstić information content (AvgIpc) is 3.39. The summed E-state index contributed by atoms with van der Waals surface area (Å²) in [7, 11) is 1.34. The molecule has 0 saturated heterocycles. The molecule has 0 fully saturated rings. The number of esters is 1. The van der Waals surface area contributed by atoms with Gasteiger partial charge in [0.05, 0.1) is 18.4 Å². The minimum atomic E-state index is -0.440. The summed E-state index contributed by atoms with van der Waals surface area (Å²) in [5.41, 5.74) is 3.39. The molecule has 0 bridgehead atoms. The maximum Gasteiger partial charge on any atom is 0.341 e. The number of aromatic hydroxyl groups is 1. The van der Waals surface area contributed by atoms with Gasteiger partial charge in [0.15, 0.2) is 0 Å². The lowest BCUT2D eigenvalue weighted by Gasteiger charge is -2.06. The van der Waals surface area contributed by atoms with Gasteiger partial charge < -0.3 is 15.2 Å². The van der Waals surface area contributed by atoms with E-state index in [4.69, 9.17) is 4.74 Å². The van der Waals surface area contributed by atoms with E-state index in [0.717, 1.165) is 35.3 Å². The molecule has 28 heavy (non-hydrogen) atoms. The van der Waals surface area contributed by atoms with Crippen molar-refractivity contribution >= 4 is 28.2 Å². The maximum absolute atomic E-state index is 12.7. The number of nitrogens with zero attached hydrogens (tertiary/aromatic N) is 1. The van der Waals surface area contributed by atoms with Gasteiger partial charge in [0.25, 0.3) is 5.91 Å². The first-order valence-electron chi connectivity index (χ1n) is 8.88. The number of benzene rings is 1. The number of carbonyl (C=O) groups is 2. The number of thiophene rings is 1. The molecule has 3 N–H and O–H groups in total. The first-order chi connectivity index (χ1) is 13.5. The molecule has 4 rings (SSSR count). The van der Waals surface area contributed by atoms with E-state index >= 15 is 0 Å². The molecule has 1 amide bonds. The Balaban J connectivity index is 1.61. The Morgan fingerprint density at radius 3 is 2.93 bits per heavy atom. The van der Waals surface area contributed by atoms with Crippen LogP contribution in [-0.2, 0) is 17.6 Å².